The van der Waals surface area contributed by atoms with Gasteiger partial charge in [0, 0.05) is 10.5 Å². The number of hydrogen-bond donors (Lipinski definition) is 2. The van der Waals surface area contributed by atoms with Gasteiger partial charge in [-0.1, -0.05) is 28.1 Å². The minimum absolute atomic E-state index is 0.245. The zero-order valence-corrected chi connectivity index (χ0v) is 16.3. The fourth-order valence-corrected chi connectivity index (χ4v) is 2.64. The maximum Gasteiger partial charge on any atom is 0.328 e. The van der Waals surface area contributed by atoms with Crippen molar-refractivity contribution in [3.8, 4) is 17.2 Å². The van der Waals surface area contributed by atoms with Gasteiger partial charge >= 0.3 is 5.97 Å². The number of ether oxygens (including phenoxy) is 3. The smallest absolute Gasteiger partial charge is 0.328 e. The van der Waals surface area contributed by atoms with E-state index in [1.165, 1.54) is 20.3 Å². The van der Waals surface area contributed by atoms with Crippen molar-refractivity contribution in [1.29, 1.82) is 0 Å². The maximum atomic E-state index is 12.2. The summed E-state index contributed by atoms with van der Waals surface area (Å²) in [6.07, 6.45) is 2.44. The minimum atomic E-state index is -1.06. The van der Waals surface area contributed by atoms with Crippen LogP contribution in [0.25, 0.3) is 6.08 Å². The standard InChI is InChI=1S/C19H18BrNO6/c1-25-15-6-4-3-5-14(15)21-18(22)11-27-17-10-13(20)12(7-8-19(23)24)9-16(17)26-2/h3-10H,11H2,1-2H3,(H,21,22)(H,23,24)/b8-7+. The highest BCUT2D eigenvalue weighted by molar-refractivity contribution is 9.10. The van der Waals surface area contributed by atoms with Crippen molar-refractivity contribution in [3.63, 3.8) is 0 Å². The average molecular weight is 436 g/mol. The van der Waals surface area contributed by atoms with E-state index in [0.29, 0.717) is 33.0 Å². The number of hydrogen-bond acceptors (Lipinski definition) is 5. The van der Waals surface area contributed by atoms with Crippen LogP contribution < -0.4 is 19.5 Å². The molecule has 0 heterocycles. The fraction of sp³-hybridized carbons (Fsp3) is 0.158. The molecule has 0 aliphatic rings. The van der Waals surface area contributed by atoms with Crippen molar-refractivity contribution in [2.45, 2.75) is 0 Å². The lowest BCUT2D eigenvalue weighted by Gasteiger charge is -2.13. The Labute approximate surface area is 164 Å². The molecule has 2 aromatic carbocycles. The minimum Gasteiger partial charge on any atom is -0.495 e. The van der Waals surface area contributed by atoms with Gasteiger partial charge in [0.25, 0.3) is 5.91 Å². The molecule has 8 heteroatoms. The number of carbonyl (C=O) groups excluding carboxylic acids is 1. The number of benzene rings is 2. The van der Waals surface area contributed by atoms with E-state index in [-0.39, 0.29) is 12.5 Å². The summed E-state index contributed by atoms with van der Waals surface area (Å²) in [7, 11) is 2.97. The molecular formula is C19H18BrNO6. The number of methoxy groups -OCH3 is 2. The van der Waals surface area contributed by atoms with Crippen molar-refractivity contribution in [3.05, 3.63) is 52.5 Å². The lowest BCUT2D eigenvalue weighted by atomic mass is 10.2. The van der Waals surface area contributed by atoms with Crippen LogP contribution in [0.4, 0.5) is 5.69 Å². The molecule has 0 saturated carbocycles. The number of nitrogens with one attached hydrogen (secondary N) is 1. The van der Waals surface area contributed by atoms with E-state index in [1.807, 2.05) is 0 Å². The van der Waals surface area contributed by atoms with Crippen LogP contribution in [0.3, 0.4) is 0 Å². The van der Waals surface area contributed by atoms with E-state index in [0.717, 1.165) is 6.08 Å². The largest absolute Gasteiger partial charge is 0.495 e. The molecule has 0 unspecified atom stereocenters. The van der Waals surface area contributed by atoms with Gasteiger partial charge in [0.15, 0.2) is 18.1 Å². The second kappa shape index (κ2) is 9.63. The van der Waals surface area contributed by atoms with Crippen molar-refractivity contribution in [2.75, 3.05) is 26.1 Å². The van der Waals surface area contributed by atoms with Crippen LogP contribution >= 0.6 is 15.9 Å². The van der Waals surface area contributed by atoms with Crippen molar-refractivity contribution in [1.82, 2.24) is 0 Å². The molecule has 0 aromatic heterocycles. The summed E-state index contributed by atoms with van der Waals surface area (Å²) < 4.78 is 16.6. The predicted octanol–water partition coefficient (Wildman–Crippen LogP) is 3.58. The number of halogens is 1. The van der Waals surface area contributed by atoms with Crippen LogP contribution in [0.15, 0.2) is 46.9 Å². The first kappa shape index (κ1) is 20.3. The fourth-order valence-electron chi connectivity index (χ4n) is 2.19. The van der Waals surface area contributed by atoms with E-state index in [9.17, 15) is 9.59 Å². The first-order valence-electron chi connectivity index (χ1n) is 7.78. The molecule has 27 heavy (non-hydrogen) atoms. The Hall–Kier alpha value is -3.00. The maximum absolute atomic E-state index is 12.2. The van der Waals surface area contributed by atoms with Gasteiger partial charge in [0.05, 0.1) is 19.9 Å². The molecule has 0 spiro atoms. The highest BCUT2D eigenvalue weighted by atomic mass is 79.9. The number of aliphatic carboxylic acids is 1. The molecule has 1 amide bonds. The molecule has 0 aliphatic heterocycles. The van der Waals surface area contributed by atoms with Gasteiger partial charge in [-0.15, -0.1) is 0 Å². The number of amides is 1. The number of carboxylic acids is 1. The number of carbonyl (C=O) groups is 2. The molecule has 2 aromatic rings. The topological polar surface area (TPSA) is 94.1 Å². The second-order valence-electron chi connectivity index (χ2n) is 5.23. The zero-order valence-electron chi connectivity index (χ0n) is 14.7. The highest BCUT2D eigenvalue weighted by Crippen LogP contribution is 2.34. The summed E-state index contributed by atoms with van der Waals surface area (Å²) in [5.41, 5.74) is 1.14. The summed E-state index contributed by atoms with van der Waals surface area (Å²) in [5, 5.41) is 11.4. The number of anilines is 1. The van der Waals surface area contributed by atoms with E-state index >= 15 is 0 Å². The van der Waals surface area contributed by atoms with Gasteiger partial charge in [-0.25, -0.2) is 4.79 Å². The molecule has 7 nitrogen and oxygen atoms in total. The molecule has 0 saturated heterocycles. The van der Waals surface area contributed by atoms with Gasteiger partial charge in [-0.3, -0.25) is 4.79 Å². The normalized spacial score (nSPS) is 10.5. The Kier molecular flexibility index (Phi) is 7.25. The third-order valence-corrected chi connectivity index (χ3v) is 4.12. The lowest BCUT2D eigenvalue weighted by molar-refractivity contribution is -0.131. The summed E-state index contributed by atoms with van der Waals surface area (Å²) >= 11 is 3.34. The summed E-state index contributed by atoms with van der Waals surface area (Å²) in [5.74, 6) is -0.178. The van der Waals surface area contributed by atoms with Gasteiger partial charge in [-0.2, -0.15) is 0 Å². The molecule has 2 N–H and O–H groups in total. The van der Waals surface area contributed by atoms with Crippen molar-refractivity contribution < 1.29 is 28.9 Å². The van der Waals surface area contributed by atoms with Crippen LogP contribution in [0, 0.1) is 0 Å². The predicted molar refractivity (Wildman–Crippen MR) is 104 cm³/mol. The Morgan fingerprint density at radius 1 is 1.11 bits per heavy atom. The van der Waals surface area contributed by atoms with Crippen LogP contribution in [0.1, 0.15) is 5.56 Å². The Morgan fingerprint density at radius 2 is 1.81 bits per heavy atom. The molecule has 0 aliphatic carbocycles. The summed E-state index contributed by atoms with van der Waals surface area (Å²) in [6, 6.07) is 10.3. The van der Waals surface area contributed by atoms with Gasteiger partial charge in [0.1, 0.15) is 5.75 Å². The first-order valence-corrected chi connectivity index (χ1v) is 8.58. The molecule has 0 radical (unpaired) electrons. The van der Waals surface area contributed by atoms with Gasteiger partial charge in [-0.05, 0) is 35.9 Å². The summed E-state index contributed by atoms with van der Waals surface area (Å²) in [4.78, 5) is 22.8. The molecule has 0 bridgehead atoms. The van der Waals surface area contributed by atoms with E-state index in [2.05, 4.69) is 21.2 Å². The van der Waals surface area contributed by atoms with Crippen LogP contribution in [0.2, 0.25) is 0 Å². The number of carboxylic acid groups (broad SMARTS) is 1. The lowest BCUT2D eigenvalue weighted by Crippen LogP contribution is -2.20. The average Bonchev–Trinajstić information content (AvgIpc) is 2.65. The van der Waals surface area contributed by atoms with Crippen molar-refractivity contribution >= 4 is 39.6 Å². The van der Waals surface area contributed by atoms with E-state index < -0.39 is 5.97 Å². The van der Waals surface area contributed by atoms with Gasteiger partial charge < -0.3 is 24.6 Å². The highest BCUT2D eigenvalue weighted by Gasteiger charge is 2.12. The van der Waals surface area contributed by atoms with Crippen molar-refractivity contribution in [2.24, 2.45) is 0 Å². The molecule has 142 valence electrons. The first-order chi connectivity index (χ1) is 12.9. The van der Waals surface area contributed by atoms with Crippen LogP contribution in [-0.4, -0.2) is 37.8 Å². The van der Waals surface area contributed by atoms with E-state index in [1.54, 1.807) is 36.4 Å². The Bertz CT molecular complexity index is 865. The van der Waals surface area contributed by atoms with Crippen LogP contribution in [0.5, 0.6) is 17.2 Å². The monoisotopic (exact) mass is 435 g/mol. The number of para-hydroxylation sites is 2. The Balaban J connectivity index is 2.09. The molecule has 0 fully saturated rings. The van der Waals surface area contributed by atoms with Gasteiger partial charge in [0.2, 0.25) is 0 Å². The zero-order chi connectivity index (χ0) is 19.8. The SMILES string of the molecule is COc1ccccc1NC(=O)COc1cc(Br)c(/C=C/C(=O)O)cc1OC. The quantitative estimate of drug-likeness (QED) is 0.615. The Morgan fingerprint density at radius 3 is 2.48 bits per heavy atom. The number of rotatable bonds is 8. The summed E-state index contributed by atoms with van der Waals surface area (Å²) in [6.45, 7) is -0.245. The van der Waals surface area contributed by atoms with Crippen LogP contribution in [-0.2, 0) is 9.59 Å². The third-order valence-electron chi connectivity index (χ3n) is 3.43. The molecule has 2 rings (SSSR count). The molecule has 0 atom stereocenters. The third kappa shape index (κ3) is 5.75. The van der Waals surface area contributed by atoms with E-state index in [4.69, 9.17) is 19.3 Å². The molecular weight excluding hydrogens is 418 g/mol. The second-order valence-corrected chi connectivity index (χ2v) is 6.09.